The highest BCUT2D eigenvalue weighted by Crippen LogP contribution is 2.50. The van der Waals surface area contributed by atoms with Gasteiger partial charge in [-0.2, -0.15) is 0 Å². The van der Waals surface area contributed by atoms with Crippen LogP contribution in [0.5, 0.6) is 0 Å². The van der Waals surface area contributed by atoms with Gasteiger partial charge in [-0.1, -0.05) is 26.7 Å². The summed E-state index contributed by atoms with van der Waals surface area (Å²) in [7, 11) is 0. The zero-order valence-electron chi connectivity index (χ0n) is 9.01. The van der Waals surface area contributed by atoms with Crippen LogP contribution >= 0.6 is 0 Å². The molecule has 0 aromatic heterocycles. The van der Waals surface area contributed by atoms with Crippen LogP contribution in [0.25, 0.3) is 0 Å². The maximum Gasteiger partial charge on any atom is 0.0689 e. The van der Waals surface area contributed by atoms with Crippen LogP contribution in [0.15, 0.2) is 0 Å². The molecule has 1 heterocycles. The Balaban J connectivity index is 1.76. The number of hydrogen-bond acceptors (Lipinski definition) is 1. The summed E-state index contributed by atoms with van der Waals surface area (Å²) >= 11 is 0. The summed E-state index contributed by atoms with van der Waals surface area (Å²) in [6.45, 7) is 5.72. The molecule has 0 bridgehead atoms. The van der Waals surface area contributed by atoms with Crippen molar-refractivity contribution in [2.75, 3.05) is 6.61 Å². The predicted octanol–water partition coefficient (Wildman–Crippen LogP) is 3.38. The SMILES string of the molecule is CCCC(C)C1CC2(CCCO2)C1. The first-order valence-corrected chi connectivity index (χ1v) is 5.90. The molecule has 1 unspecified atom stereocenters. The van der Waals surface area contributed by atoms with E-state index in [0.717, 1.165) is 18.4 Å². The monoisotopic (exact) mass is 182 g/mol. The molecule has 1 saturated carbocycles. The molecule has 1 atom stereocenters. The number of rotatable bonds is 3. The van der Waals surface area contributed by atoms with Crippen molar-refractivity contribution in [2.24, 2.45) is 11.8 Å². The molecule has 1 aliphatic carbocycles. The molecular formula is C12H22O. The van der Waals surface area contributed by atoms with Gasteiger partial charge in [0.2, 0.25) is 0 Å². The Morgan fingerprint density at radius 3 is 2.77 bits per heavy atom. The van der Waals surface area contributed by atoms with E-state index in [-0.39, 0.29) is 0 Å². The van der Waals surface area contributed by atoms with Gasteiger partial charge in [-0.25, -0.2) is 0 Å². The van der Waals surface area contributed by atoms with Gasteiger partial charge in [-0.3, -0.25) is 0 Å². The molecule has 2 rings (SSSR count). The fourth-order valence-electron chi connectivity index (χ4n) is 3.07. The van der Waals surface area contributed by atoms with E-state index < -0.39 is 0 Å². The Kier molecular flexibility index (Phi) is 2.64. The van der Waals surface area contributed by atoms with Gasteiger partial charge in [0.1, 0.15) is 0 Å². The normalized spacial score (nSPS) is 40.6. The third-order valence-electron chi connectivity index (χ3n) is 4.00. The molecule has 0 N–H and O–H groups in total. The molecule has 1 heteroatoms. The van der Waals surface area contributed by atoms with E-state index in [0.29, 0.717) is 5.60 Å². The molecule has 76 valence electrons. The highest BCUT2D eigenvalue weighted by Gasteiger charge is 2.48. The summed E-state index contributed by atoms with van der Waals surface area (Å²) in [4.78, 5) is 0. The molecule has 0 radical (unpaired) electrons. The van der Waals surface area contributed by atoms with E-state index in [9.17, 15) is 0 Å². The van der Waals surface area contributed by atoms with Gasteiger partial charge in [0, 0.05) is 6.61 Å². The molecule has 0 aromatic rings. The van der Waals surface area contributed by atoms with Gasteiger partial charge in [0.25, 0.3) is 0 Å². The lowest BCUT2D eigenvalue weighted by Gasteiger charge is -2.47. The topological polar surface area (TPSA) is 9.23 Å². The van der Waals surface area contributed by atoms with Crippen LogP contribution in [0.1, 0.15) is 52.4 Å². The van der Waals surface area contributed by atoms with Gasteiger partial charge in [0.05, 0.1) is 5.60 Å². The molecule has 13 heavy (non-hydrogen) atoms. The largest absolute Gasteiger partial charge is 0.375 e. The number of hydrogen-bond donors (Lipinski definition) is 0. The van der Waals surface area contributed by atoms with Crippen molar-refractivity contribution < 1.29 is 4.74 Å². The van der Waals surface area contributed by atoms with Crippen molar-refractivity contribution >= 4 is 0 Å². The highest BCUT2D eigenvalue weighted by atomic mass is 16.5. The molecule has 0 aromatic carbocycles. The quantitative estimate of drug-likeness (QED) is 0.650. The smallest absolute Gasteiger partial charge is 0.0689 e. The second kappa shape index (κ2) is 3.61. The van der Waals surface area contributed by atoms with Crippen LogP contribution in [-0.2, 0) is 4.74 Å². The fraction of sp³-hybridized carbons (Fsp3) is 1.00. The summed E-state index contributed by atoms with van der Waals surface area (Å²) in [5.41, 5.74) is 0.368. The first-order valence-electron chi connectivity index (χ1n) is 5.90. The maximum absolute atomic E-state index is 5.83. The van der Waals surface area contributed by atoms with E-state index in [2.05, 4.69) is 13.8 Å². The number of ether oxygens (including phenoxy) is 1. The third kappa shape index (κ3) is 1.76. The Hall–Kier alpha value is -0.0400. The van der Waals surface area contributed by atoms with Gasteiger partial charge >= 0.3 is 0 Å². The van der Waals surface area contributed by atoms with Crippen LogP contribution < -0.4 is 0 Å². The molecule has 1 saturated heterocycles. The molecule has 1 aliphatic heterocycles. The molecule has 2 aliphatic rings. The van der Waals surface area contributed by atoms with Crippen LogP contribution in [0, 0.1) is 11.8 Å². The van der Waals surface area contributed by atoms with E-state index >= 15 is 0 Å². The van der Waals surface area contributed by atoms with E-state index in [1.54, 1.807) is 0 Å². The third-order valence-corrected chi connectivity index (χ3v) is 4.00. The molecule has 0 amide bonds. The first-order chi connectivity index (χ1) is 6.26. The Morgan fingerprint density at radius 1 is 1.46 bits per heavy atom. The van der Waals surface area contributed by atoms with Crippen molar-refractivity contribution in [3.8, 4) is 0 Å². The van der Waals surface area contributed by atoms with E-state index in [4.69, 9.17) is 4.74 Å². The minimum Gasteiger partial charge on any atom is -0.375 e. The average Bonchev–Trinajstić information content (AvgIpc) is 2.49. The van der Waals surface area contributed by atoms with Crippen LogP contribution in [0.4, 0.5) is 0 Å². The maximum atomic E-state index is 5.83. The van der Waals surface area contributed by atoms with Gasteiger partial charge < -0.3 is 4.74 Å². The summed E-state index contributed by atoms with van der Waals surface area (Å²) in [5.74, 6) is 1.90. The molecular weight excluding hydrogens is 160 g/mol. The fourth-order valence-corrected chi connectivity index (χ4v) is 3.07. The lowest BCUT2D eigenvalue weighted by molar-refractivity contribution is -0.105. The zero-order valence-corrected chi connectivity index (χ0v) is 9.01. The first kappa shape index (κ1) is 9.51. The Labute approximate surface area is 81.9 Å². The Bertz CT molecular complexity index is 162. The van der Waals surface area contributed by atoms with Crippen LogP contribution in [0.3, 0.4) is 0 Å². The summed E-state index contributed by atoms with van der Waals surface area (Å²) < 4.78 is 5.83. The van der Waals surface area contributed by atoms with Crippen molar-refractivity contribution in [2.45, 2.75) is 58.0 Å². The lowest BCUT2D eigenvalue weighted by Crippen LogP contribution is -2.45. The second-order valence-electron chi connectivity index (χ2n) is 5.07. The van der Waals surface area contributed by atoms with Gasteiger partial charge in [0.15, 0.2) is 0 Å². The van der Waals surface area contributed by atoms with Crippen molar-refractivity contribution in [1.82, 2.24) is 0 Å². The van der Waals surface area contributed by atoms with Gasteiger partial charge in [-0.15, -0.1) is 0 Å². The molecule has 1 spiro atoms. The minimum absolute atomic E-state index is 0.368. The highest BCUT2D eigenvalue weighted by molar-refractivity contribution is 4.99. The average molecular weight is 182 g/mol. The summed E-state index contributed by atoms with van der Waals surface area (Å²) in [6.07, 6.45) is 8.09. The van der Waals surface area contributed by atoms with Crippen LogP contribution in [-0.4, -0.2) is 12.2 Å². The zero-order chi connectivity index (χ0) is 9.31. The van der Waals surface area contributed by atoms with E-state index in [1.807, 2.05) is 0 Å². The standard InChI is InChI=1S/C12H22O/c1-3-5-10(2)11-8-12(9-11)6-4-7-13-12/h10-11H,3-9H2,1-2H3. The Morgan fingerprint density at radius 2 is 2.23 bits per heavy atom. The molecule has 1 nitrogen and oxygen atoms in total. The minimum atomic E-state index is 0.368. The summed E-state index contributed by atoms with van der Waals surface area (Å²) in [5, 5.41) is 0. The lowest BCUT2D eigenvalue weighted by atomic mass is 9.64. The van der Waals surface area contributed by atoms with Crippen molar-refractivity contribution in [3.05, 3.63) is 0 Å². The van der Waals surface area contributed by atoms with Crippen molar-refractivity contribution in [3.63, 3.8) is 0 Å². The van der Waals surface area contributed by atoms with E-state index in [1.165, 1.54) is 38.5 Å². The summed E-state index contributed by atoms with van der Waals surface area (Å²) in [6, 6.07) is 0. The van der Waals surface area contributed by atoms with Crippen molar-refractivity contribution in [1.29, 1.82) is 0 Å². The second-order valence-corrected chi connectivity index (χ2v) is 5.07. The van der Waals surface area contributed by atoms with Crippen LogP contribution in [0.2, 0.25) is 0 Å². The molecule has 2 fully saturated rings. The predicted molar refractivity (Wildman–Crippen MR) is 54.7 cm³/mol. The van der Waals surface area contributed by atoms with Gasteiger partial charge in [-0.05, 0) is 37.5 Å².